The standard InChI is InChI=1S/C24H18F2N4O4/c25-18-6-4-12(8-19(18)26)13-3-5-16(24(33)34)21(9-13)30-10-15-2-1-14(7-17(15)23(30)32)22-20(11-31)27-29-28-22/h1-9,24,31,33-34H,10-11H2,(H,27,28,29). The molecule has 10 heteroatoms. The fraction of sp³-hybridized carbons (Fsp3) is 0.125. The molecule has 172 valence electrons. The third-order valence-corrected chi connectivity index (χ3v) is 5.81. The Morgan fingerprint density at radius 2 is 1.68 bits per heavy atom. The first-order valence-corrected chi connectivity index (χ1v) is 10.3. The number of fused-ring (bicyclic) bond motifs is 1. The lowest BCUT2D eigenvalue weighted by molar-refractivity contribution is -0.0420. The van der Waals surface area contributed by atoms with E-state index in [-0.39, 0.29) is 30.3 Å². The van der Waals surface area contributed by atoms with E-state index >= 15 is 0 Å². The van der Waals surface area contributed by atoms with Crippen molar-refractivity contribution in [3.63, 3.8) is 0 Å². The van der Waals surface area contributed by atoms with Crippen LogP contribution < -0.4 is 4.90 Å². The number of nitrogens with one attached hydrogen (secondary N) is 1. The Labute approximate surface area is 191 Å². The van der Waals surface area contributed by atoms with E-state index in [1.165, 1.54) is 29.2 Å². The fourth-order valence-electron chi connectivity index (χ4n) is 4.09. The van der Waals surface area contributed by atoms with Gasteiger partial charge in [-0.25, -0.2) is 8.78 Å². The number of hydrogen-bond acceptors (Lipinski definition) is 6. The minimum atomic E-state index is -1.86. The van der Waals surface area contributed by atoms with Crippen molar-refractivity contribution in [2.45, 2.75) is 19.4 Å². The number of hydrogen-bond donors (Lipinski definition) is 4. The maximum Gasteiger partial charge on any atom is 0.258 e. The van der Waals surface area contributed by atoms with Crippen LogP contribution in [0.5, 0.6) is 0 Å². The van der Waals surface area contributed by atoms with Gasteiger partial charge in [-0.2, -0.15) is 15.4 Å². The molecule has 4 N–H and O–H groups in total. The Hall–Kier alpha value is -3.99. The molecular formula is C24H18F2N4O4. The number of amides is 1. The lowest BCUT2D eigenvalue weighted by Crippen LogP contribution is -2.25. The molecule has 5 rings (SSSR count). The molecule has 0 saturated heterocycles. The Morgan fingerprint density at radius 1 is 0.941 bits per heavy atom. The predicted octanol–water partition coefficient (Wildman–Crippen LogP) is 3.05. The van der Waals surface area contributed by atoms with Crippen molar-refractivity contribution in [3.8, 4) is 22.4 Å². The smallest absolute Gasteiger partial charge is 0.258 e. The van der Waals surface area contributed by atoms with Gasteiger partial charge in [-0.05, 0) is 41.0 Å². The average Bonchev–Trinajstić information content (AvgIpc) is 3.44. The van der Waals surface area contributed by atoms with E-state index < -0.39 is 17.9 Å². The monoisotopic (exact) mass is 464 g/mol. The Balaban J connectivity index is 1.56. The fourth-order valence-corrected chi connectivity index (χ4v) is 4.09. The van der Waals surface area contributed by atoms with Crippen molar-refractivity contribution in [3.05, 3.63) is 88.6 Å². The Kier molecular flexibility index (Phi) is 5.40. The minimum Gasteiger partial charge on any atom is -0.390 e. The molecule has 0 unspecified atom stereocenters. The number of aromatic nitrogens is 3. The summed E-state index contributed by atoms with van der Waals surface area (Å²) in [6.45, 7) is -0.154. The largest absolute Gasteiger partial charge is 0.390 e. The summed E-state index contributed by atoms with van der Waals surface area (Å²) >= 11 is 0. The van der Waals surface area contributed by atoms with Crippen LogP contribution in [0.1, 0.15) is 33.5 Å². The lowest BCUT2D eigenvalue weighted by Gasteiger charge is -2.22. The van der Waals surface area contributed by atoms with E-state index in [4.69, 9.17) is 0 Å². The van der Waals surface area contributed by atoms with E-state index in [0.29, 0.717) is 39.2 Å². The first-order valence-electron chi connectivity index (χ1n) is 10.3. The number of anilines is 1. The van der Waals surface area contributed by atoms with Crippen LogP contribution in [-0.4, -0.2) is 36.6 Å². The molecule has 4 aromatic rings. The number of nitrogens with zero attached hydrogens (tertiary/aromatic N) is 3. The van der Waals surface area contributed by atoms with Gasteiger partial charge in [0.25, 0.3) is 5.91 Å². The van der Waals surface area contributed by atoms with E-state index in [1.54, 1.807) is 18.2 Å². The Bertz CT molecular complexity index is 1420. The number of rotatable bonds is 5. The number of carbonyl (C=O) groups is 1. The van der Waals surface area contributed by atoms with Gasteiger partial charge in [-0.1, -0.05) is 30.3 Å². The SMILES string of the molecule is O=C1c2cc(-c3n[nH]nc3CO)ccc2CN1c1cc(-c2ccc(F)c(F)c2)ccc1C(O)O. The van der Waals surface area contributed by atoms with Gasteiger partial charge >= 0.3 is 0 Å². The number of aromatic amines is 1. The van der Waals surface area contributed by atoms with Gasteiger partial charge in [0.05, 0.1) is 18.8 Å². The highest BCUT2D eigenvalue weighted by Gasteiger charge is 2.32. The van der Waals surface area contributed by atoms with Crippen molar-refractivity contribution in [1.82, 2.24) is 15.4 Å². The second-order valence-corrected chi connectivity index (χ2v) is 7.82. The van der Waals surface area contributed by atoms with E-state index in [2.05, 4.69) is 15.4 Å². The van der Waals surface area contributed by atoms with E-state index in [1.807, 2.05) is 0 Å². The summed E-state index contributed by atoms with van der Waals surface area (Å²) in [5.74, 6) is -2.38. The van der Waals surface area contributed by atoms with Gasteiger partial charge in [0.15, 0.2) is 17.9 Å². The van der Waals surface area contributed by atoms with Crippen molar-refractivity contribution in [2.24, 2.45) is 0 Å². The number of carbonyl (C=O) groups excluding carboxylic acids is 1. The van der Waals surface area contributed by atoms with Crippen LogP contribution in [0.3, 0.4) is 0 Å². The van der Waals surface area contributed by atoms with Crippen LogP contribution in [0.15, 0.2) is 54.6 Å². The number of aliphatic hydroxyl groups excluding tert-OH is 2. The van der Waals surface area contributed by atoms with Crippen molar-refractivity contribution < 1.29 is 28.9 Å². The van der Waals surface area contributed by atoms with Gasteiger partial charge in [0, 0.05) is 16.7 Å². The van der Waals surface area contributed by atoms with Gasteiger partial charge < -0.3 is 20.2 Å². The van der Waals surface area contributed by atoms with Crippen molar-refractivity contribution in [1.29, 1.82) is 0 Å². The molecule has 3 aromatic carbocycles. The second kappa shape index (κ2) is 8.41. The summed E-state index contributed by atoms with van der Waals surface area (Å²) in [4.78, 5) is 14.7. The number of aliphatic hydroxyl groups is 3. The molecule has 0 fully saturated rings. The predicted molar refractivity (Wildman–Crippen MR) is 117 cm³/mol. The highest BCUT2D eigenvalue weighted by atomic mass is 19.2. The summed E-state index contributed by atoms with van der Waals surface area (Å²) in [7, 11) is 0. The average molecular weight is 464 g/mol. The summed E-state index contributed by atoms with van der Waals surface area (Å²) in [5, 5.41) is 39.6. The molecule has 2 heterocycles. The first kappa shape index (κ1) is 21.8. The third kappa shape index (κ3) is 3.63. The molecule has 1 aliphatic rings. The zero-order chi connectivity index (χ0) is 24.0. The zero-order valence-electron chi connectivity index (χ0n) is 17.5. The summed E-state index contributed by atoms with van der Waals surface area (Å²) < 4.78 is 27.2. The van der Waals surface area contributed by atoms with Gasteiger partial charge in [0.2, 0.25) is 0 Å². The topological polar surface area (TPSA) is 123 Å². The molecule has 0 atom stereocenters. The van der Waals surface area contributed by atoms with Gasteiger partial charge in [-0.15, -0.1) is 0 Å². The molecule has 8 nitrogen and oxygen atoms in total. The third-order valence-electron chi connectivity index (χ3n) is 5.81. The highest BCUT2D eigenvalue weighted by molar-refractivity contribution is 6.11. The molecule has 1 aromatic heterocycles. The Morgan fingerprint density at radius 3 is 2.41 bits per heavy atom. The number of halogens is 2. The summed E-state index contributed by atoms with van der Waals surface area (Å²) in [5.41, 5.74) is 3.61. The van der Waals surface area contributed by atoms with Crippen LogP contribution in [0.4, 0.5) is 14.5 Å². The molecule has 1 aliphatic heterocycles. The van der Waals surface area contributed by atoms with Crippen molar-refractivity contribution in [2.75, 3.05) is 4.90 Å². The van der Waals surface area contributed by atoms with Crippen molar-refractivity contribution >= 4 is 11.6 Å². The lowest BCUT2D eigenvalue weighted by atomic mass is 10.0. The highest BCUT2D eigenvalue weighted by Crippen LogP contribution is 2.37. The van der Waals surface area contributed by atoms with Crippen LogP contribution in [0, 0.1) is 11.6 Å². The summed E-state index contributed by atoms with van der Waals surface area (Å²) in [6, 6.07) is 13.1. The number of H-pyrrole nitrogens is 1. The van der Waals surface area contributed by atoms with Gasteiger partial charge in [-0.3, -0.25) is 4.79 Å². The quantitative estimate of drug-likeness (QED) is 0.337. The molecule has 34 heavy (non-hydrogen) atoms. The summed E-state index contributed by atoms with van der Waals surface area (Å²) in [6.07, 6.45) is -1.86. The second-order valence-electron chi connectivity index (χ2n) is 7.82. The molecule has 1 amide bonds. The molecule has 0 radical (unpaired) electrons. The first-order chi connectivity index (χ1) is 16.4. The molecule has 0 spiro atoms. The van der Waals surface area contributed by atoms with Crippen LogP contribution in [0.25, 0.3) is 22.4 Å². The van der Waals surface area contributed by atoms with Crippen LogP contribution >= 0.6 is 0 Å². The van der Waals surface area contributed by atoms with E-state index in [0.717, 1.165) is 12.1 Å². The normalized spacial score (nSPS) is 13.1. The van der Waals surface area contributed by atoms with Crippen LogP contribution in [-0.2, 0) is 13.2 Å². The van der Waals surface area contributed by atoms with Gasteiger partial charge in [0.1, 0.15) is 11.4 Å². The molecule has 0 saturated carbocycles. The van der Waals surface area contributed by atoms with E-state index in [9.17, 15) is 28.9 Å². The molecular weight excluding hydrogens is 446 g/mol. The van der Waals surface area contributed by atoms with Crippen LogP contribution in [0.2, 0.25) is 0 Å². The molecule has 0 bridgehead atoms. The number of benzene rings is 3. The minimum absolute atomic E-state index is 0.0896. The molecule has 0 aliphatic carbocycles. The maximum absolute atomic E-state index is 13.8. The zero-order valence-corrected chi connectivity index (χ0v) is 17.5. The maximum atomic E-state index is 13.8.